The van der Waals surface area contributed by atoms with Crippen molar-refractivity contribution in [2.75, 3.05) is 4.90 Å². The van der Waals surface area contributed by atoms with Gasteiger partial charge in [0.15, 0.2) is 0 Å². The molecule has 0 radical (unpaired) electrons. The second kappa shape index (κ2) is 15.1. The Hall–Kier alpha value is -7.94. The Morgan fingerprint density at radius 2 is 0.667 bits per heavy atom. The number of benzene rings is 10. The van der Waals surface area contributed by atoms with Gasteiger partial charge in [-0.25, -0.2) is 0 Å². The average Bonchev–Trinajstić information content (AvgIpc) is 3.71. The lowest BCUT2D eigenvalue weighted by atomic mass is 9.95. The molecule has 11 aromatic rings. The van der Waals surface area contributed by atoms with Crippen molar-refractivity contribution >= 4 is 49.8 Å². The summed E-state index contributed by atoms with van der Waals surface area (Å²) in [5.74, 6) is 0. The summed E-state index contributed by atoms with van der Waals surface area (Å²) in [5, 5.41) is 4.78. The summed E-state index contributed by atoms with van der Waals surface area (Å²) in [6.45, 7) is 0. The lowest BCUT2D eigenvalue weighted by Crippen LogP contribution is -2.09. The Kier molecular flexibility index (Phi) is 8.87. The van der Waals surface area contributed by atoms with Gasteiger partial charge < -0.3 is 9.32 Å². The Labute approximate surface area is 349 Å². The van der Waals surface area contributed by atoms with Crippen molar-refractivity contribution in [1.82, 2.24) is 0 Å². The molecule has 2 heteroatoms. The van der Waals surface area contributed by atoms with Crippen molar-refractivity contribution in [1.29, 1.82) is 0 Å². The van der Waals surface area contributed by atoms with Gasteiger partial charge >= 0.3 is 0 Å². The van der Waals surface area contributed by atoms with Crippen LogP contribution in [0.5, 0.6) is 0 Å². The third-order valence-electron chi connectivity index (χ3n) is 11.7. The molecule has 282 valence electrons. The van der Waals surface area contributed by atoms with E-state index in [4.69, 9.17) is 4.42 Å². The first-order chi connectivity index (χ1) is 29.7. The lowest BCUT2D eigenvalue weighted by Gasteiger charge is -2.26. The Balaban J connectivity index is 0.939. The van der Waals surface area contributed by atoms with E-state index in [9.17, 15) is 0 Å². The summed E-state index contributed by atoms with van der Waals surface area (Å²) in [6.07, 6.45) is 0. The second-order valence-corrected chi connectivity index (χ2v) is 15.3. The smallest absolute Gasteiger partial charge is 0.135 e. The van der Waals surface area contributed by atoms with E-state index in [2.05, 4.69) is 229 Å². The third kappa shape index (κ3) is 6.61. The lowest BCUT2D eigenvalue weighted by molar-refractivity contribution is 0.669. The molecule has 10 aromatic carbocycles. The van der Waals surface area contributed by atoms with Gasteiger partial charge in [-0.1, -0.05) is 176 Å². The van der Waals surface area contributed by atoms with E-state index in [-0.39, 0.29) is 0 Å². The van der Waals surface area contributed by atoms with Crippen LogP contribution in [-0.2, 0) is 0 Å². The van der Waals surface area contributed by atoms with Gasteiger partial charge in [0, 0.05) is 27.8 Å². The summed E-state index contributed by atoms with van der Waals surface area (Å²) in [7, 11) is 0. The number of para-hydroxylation sites is 1. The minimum absolute atomic E-state index is 0.905. The fraction of sp³-hybridized carbons (Fsp3) is 0. The molecule has 0 saturated heterocycles. The highest BCUT2D eigenvalue weighted by Gasteiger charge is 2.15. The van der Waals surface area contributed by atoms with Gasteiger partial charge in [0.2, 0.25) is 0 Å². The molecular weight excluding hydrogens is 727 g/mol. The minimum atomic E-state index is 0.905. The first kappa shape index (κ1) is 35.2. The van der Waals surface area contributed by atoms with E-state index in [1.54, 1.807) is 0 Å². The molecule has 0 bridgehead atoms. The summed E-state index contributed by atoms with van der Waals surface area (Å²) >= 11 is 0. The van der Waals surface area contributed by atoms with Crippen LogP contribution >= 0.6 is 0 Å². The van der Waals surface area contributed by atoms with Crippen molar-refractivity contribution in [2.45, 2.75) is 0 Å². The molecule has 1 heterocycles. The molecule has 1 aromatic heterocycles. The number of rotatable bonds is 8. The molecule has 0 saturated carbocycles. The number of fused-ring (bicyclic) bond motifs is 4. The second-order valence-electron chi connectivity index (χ2n) is 15.3. The van der Waals surface area contributed by atoms with Crippen molar-refractivity contribution in [3.63, 3.8) is 0 Å². The molecule has 2 nitrogen and oxygen atoms in total. The maximum atomic E-state index is 6.12. The quantitative estimate of drug-likeness (QED) is 0.153. The molecule has 0 amide bonds. The van der Waals surface area contributed by atoms with E-state index in [1.807, 2.05) is 12.1 Å². The zero-order valence-electron chi connectivity index (χ0n) is 32.9. The van der Waals surface area contributed by atoms with Gasteiger partial charge in [0.1, 0.15) is 11.2 Å². The Bertz CT molecular complexity index is 3270. The highest BCUT2D eigenvalue weighted by atomic mass is 16.3. The number of furan rings is 1. The van der Waals surface area contributed by atoms with E-state index >= 15 is 0 Å². The van der Waals surface area contributed by atoms with Crippen LogP contribution in [0.25, 0.3) is 88.3 Å². The molecule has 0 aliphatic heterocycles. The van der Waals surface area contributed by atoms with E-state index in [1.165, 1.54) is 55.3 Å². The number of hydrogen-bond acceptors (Lipinski definition) is 2. The van der Waals surface area contributed by atoms with Crippen LogP contribution in [0, 0.1) is 0 Å². The zero-order valence-corrected chi connectivity index (χ0v) is 32.9. The van der Waals surface area contributed by atoms with Crippen LogP contribution in [0.2, 0.25) is 0 Å². The van der Waals surface area contributed by atoms with Crippen LogP contribution in [0.1, 0.15) is 0 Å². The van der Waals surface area contributed by atoms with E-state index in [0.29, 0.717) is 0 Å². The average molecular weight is 766 g/mol. The van der Waals surface area contributed by atoms with Crippen molar-refractivity contribution in [3.05, 3.63) is 237 Å². The van der Waals surface area contributed by atoms with Gasteiger partial charge in [-0.3, -0.25) is 0 Å². The molecule has 0 fully saturated rings. The fourth-order valence-electron chi connectivity index (χ4n) is 8.59. The van der Waals surface area contributed by atoms with Crippen molar-refractivity contribution < 1.29 is 4.42 Å². The highest BCUT2D eigenvalue weighted by molar-refractivity contribution is 6.06. The summed E-state index contributed by atoms with van der Waals surface area (Å²) in [4.78, 5) is 2.34. The zero-order chi connectivity index (χ0) is 39.8. The van der Waals surface area contributed by atoms with Crippen molar-refractivity contribution in [2.24, 2.45) is 0 Å². The monoisotopic (exact) mass is 765 g/mol. The first-order valence-corrected chi connectivity index (χ1v) is 20.5. The molecule has 0 aliphatic rings. The van der Waals surface area contributed by atoms with Gasteiger partial charge in [0.25, 0.3) is 0 Å². The topological polar surface area (TPSA) is 16.4 Å². The molecule has 0 spiro atoms. The standard InChI is InChI=1S/C58H39NO/c1-2-10-40(11-3-1)41-20-22-42(23-21-41)43-24-31-50(32-25-43)59(52-35-28-45(29-36-52)48-30-37-58-56(39-48)55-17-6-7-19-57(55)60-58)51-33-26-44(27-34-51)47-14-8-15-49(38-47)54-18-9-13-46-12-4-5-16-53(46)54/h1-39H. The normalized spacial score (nSPS) is 11.3. The fourth-order valence-corrected chi connectivity index (χ4v) is 8.59. The number of hydrogen-bond donors (Lipinski definition) is 0. The van der Waals surface area contributed by atoms with Crippen LogP contribution in [0.3, 0.4) is 0 Å². The third-order valence-corrected chi connectivity index (χ3v) is 11.7. The largest absolute Gasteiger partial charge is 0.456 e. The predicted octanol–water partition coefficient (Wildman–Crippen LogP) is 16.5. The minimum Gasteiger partial charge on any atom is -0.456 e. The molecule has 11 rings (SSSR count). The maximum Gasteiger partial charge on any atom is 0.135 e. The first-order valence-electron chi connectivity index (χ1n) is 20.5. The Morgan fingerprint density at radius 1 is 0.250 bits per heavy atom. The van der Waals surface area contributed by atoms with Crippen LogP contribution in [0.15, 0.2) is 241 Å². The molecule has 0 unspecified atom stereocenters. The maximum absolute atomic E-state index is 6.12. The molecular formula is C58H39NO. The number of nitrogens with zero attached hydrogens (tertiary/aromatic N) is 1. The van der Waals surface area contributed by atoms with Crippen LogP contribution in [-0.4, -0.2) is 0 Å². The Morgan fingerprint density at radius 3 is 1.32 bits per heavy atom. The molecule has 0 aliphatic carbocycles. The van der Waals surface area contributed by atoms with Gasteiger partial charge in [-0.15, -0.1) is 0 Å². The summed E-state index contributed by atoms with van der Waals surface area (Å²) < 4.78 is 6.12. The molecule has 0 atom stereocenters. The SMILES string of the molecule is c1ccc(-c2ccc(-c3ccc(N(c4ccc(-c5cccc(-c6cccc7ccccc67)c5)cc4)c4ccc(-c5ccc6oc7ccccc7c6c5)cc4)cc3)cc2)cc1. The van der Waals surface area contributed by atoms with Gasteiger partial charge in [0.05, 0.1) is 0 Å². The predicted molar refractivity (Wildman–Crippen MR) is 253 cm³/mol. The van der Waals surface area contributed by atoms with Gasteiger partial charge in [-0.2, -0.15) is 0 Å². The van der Waals surface area contributed by atoms with E-state index < -0.39 is 0 Å². The van der Waals surface area contributed by atoms with Crippen LogP contribution < -0.4 is 4.90 Å². The molecule has 60 heavy (non-hydrogen) atoms. The summed E-state index contributed by atoms with van der Waals surface area (Å²) in [6, 6.07) is 84.9. The molecule has 0 N–H and O–H groups in total. The summed E-state index contributed by atoms with van der Waals surface area (Å²) in [5.41, 5.74) is 17.0. The highest BCUT2D eigenvalue weighted by Crippen LogP contribution is 2.40. The van der Waals surface area contributed by atoms with E-state index in [0.717, 1.165) is 50.1 Å². The van der Waals surface area contributed by atoms with Crippen LogP contribution in [0.4, 0.5) is 17.1 Å². The number of anilines is 3. The van der Waals surface area contributed by atoms with Gasteiger partial charge in [-0.05, 0) is 127 Å². The van der Waals surface area contributed by atoms with Crippen molar-refractivity contribution in [3.8, 4) is 55.6 Å².